The van der Waals surface area contributed by atoms with Crippen LogP contribution in [-0.2, 0) is 4.74 Å². The predicted molar refractivity (Wildman–Crippen MR) is 71.6 cm³/mol. The maximum Gasteiger partial charge on any atom is 0.180 e. The Morgan fingerprint density at radius 1 is 1.32 bits per heavy atom. The average molecular weight is 265 g/mol. The zero-order valence-corrected chi connectivity index (χ0v) is 11.1. The molecule has 0 aliphatic carbocycles. The van der Waals surface area contributed by atoms with Gasteiger partial charge >= 0.3 is 0 Å². The Hall–Kier alpha value is -1.43. The highest BCUT2D eigenvalue weighted by Gasteiger charge is 2.34. The molecule has 1 heterocycles. The van der Waals surface area contributed by atoms with Gasteiger partial charge in [-0.25, -0.2) is 0 Å². The van der Waals surface area contributed by atoms with Crippen LogP contribution in [0.15, 0.2) is 29.3 Å². The Labute approximate surface area is 112 Å². The molecular formula is C14H19NO4. The number of nitrogens with zero attached hydrogens (tertiary/aromatic N) is 1. The van der Waals surface area contributed by atoms with Crippen LogP contribution >= 0.6 is 0 Å². The van der Waals surface area contributed by atoms with Gasteiger partial charge in [0.25, 0.3) is 0 Å². The molecule has 19 heavy (non-hydrogen) atoms. The van der Waals surface area contributed by atoms with Gasteiger partial charge in [-0.05, 0) is 36.8 Å². The SMILES string of the molecule is COc1ccc(C=NC2C(O)CC(C)OC2O)cc1. The molecule has 0 amide bonds. The maximum absolute atomic E-state index is 9.90. The van der Waals surface area contributed by atoms with E-state index in [2.05, 4.69) is 4.99 Å². The molecular weight excluding hydrogens is 246 g/mol. The molecule has 0 spiro atoms. The summed E-state index contributed by atoms with van der Waals surface area (Å²) in [7, 11) is 1.61. The van der Waals surface area contributed by atoms with Crippen molar-refractivity contribution < 1.29 is 19.7 Å². The molecule has 0 saturated carbocycles. The molecule has 1 aromatic rings. The predicted octanol–water partition coefficient (Wildman–Crippen LogP) is 0.971. The molecule has 2 rings (SSSR count). The number of methoxy groups -OCH3 is 1. The molecule has 1 aliphatic heterocycles. The van der Waals surface area contributed by atoms with Crippen molar-refractivity contribution in [1.29, 1.82) is 0 Å². The molecule has 104 valence electrons. The normalized spacial score (nSPS) is 31.6. The molecule has 2 N–H and O–H groups in total. The topological polar surface area (TPSA) is 71.3 Å². The third-order valence-electron chi connectivity index (χ3n) is 3.14. The fourth-order valence-electron chi connectivity index (χ4n) is 2.08. The summed E-state index contributed by atoms with van der Waals surface area (Å²) < 4.78 is 10.3. The third-order valence-corrected chi connectivity index (χ3v) is 3.14. The van der Waals surface area contributed by atoms with Gasteiger partial charge in [-0.15, -0.1) is 0 Å². The number of rotatable bonds is 3. The molecule has 4 atom stereocenters. The number of aliphatic imine (C=N–C) groups is 1. The highest BCUT2D eigenvalue weighted by Crippen LogP contribution is 2.21. The summed E-state index contributed by atoms with van der Waals surface area (Å²) in [5.41, 5.74) is 0.874. The van der Waals surface area contributed by atoms with Gasteiger partial charge in [0.15, 0.2) is 6.29 Å². The minimum absolute atomic E-state index is 0.155. The maximum atomic E-state index is 9.90. The summed E-state index contributed by atoms with van der Waals surface area (Å²) in [6.07, 6.45) is 0.191. The number of ether oxygens (including phenoxy) is 2. The highest BCUT2D eigenvalue weighted by molar-refractivity contribution is 5.79. The standard InChI is InChI=1S/C14H19NO4/c1-9-7-12(16)13(14(17)19-9)15-8-10-3-5-11(18-2)6-4-10/h3-6,8-9,12-14,16-17H,7H2,1-2H3. The van der Waals surface area contributed by atoms with Crippen LogP contribution in [0.2, 0.25) is 0 Å². The summed E-state index contributed by atoms with van der Waals surface area (Å²) in [5.74, 6) is 0.770. The van der Waals surface area contributed by atoms with Crippen molar-refractivity contribution in [3.63, 3.8) is 0 Å². The molecule has 1 aliphatic rings. The molecule has 1 fully saturated rings. The smallest absolute Gasteiger partial charge is 0.180 e. The van der Waals surface area contributed by atoms with E-state index in [0.29, 0.717) is 6.42 Å². The lowest BCUT2D eigenvalue weighted by Gasteiger charge is -2.33. The van der Waals surface area contributed by atoms with E-state index in [0.717, 1.165) is 11.3 Å². The van der Waals surface area contributed by atoms with E-state index in [4.69, 9.17) is 9.47 Å². The number of hydrogen-bond acceptors (Lipinski definition) is 5. The monoisotopic (exact) mass is 265 g/mol. The van der Waals surface area contributed by atoms with Crippen molar-refractivity contribution in [1.82, 2.24) is 0 Å². The second-order valence-electron chi connectivity index (χ2n) is 4.68. The first kappa shape index (κ1) is 14.0. The van der Waals surface area contributed by atoms with E-state index in [1.807, 2.05) is 31.2 Å². The Morgan fingerprint density at radius 3 is 2.58 bits per heavy atom. The van der Waals surface area contributed by atoms with E-state index in [1.165, 1.54) is 0 Å². The van der Waals surface area contributed by atoms with Gasteiger partial charge in [0.05, 0.1) is 19.3 Å². The van der Waals surface area contributed by atoms with Crippen LogP contribution < -0.4 is 4.74 Å². The van der Waals surface area contributed by atoms with Crippen LogP contribution in [0, 0.1) is 0 Å². The highest BCUT2D eigenvalue weighted by atomic mass is 16.6. The van der Waals surface area contributed by atoms with Crippen molar-refractivity contribution >= 4 is 6.21 Å². The lowest BCUT2D eigenvalue weighted by atomic mass is 10.0. The number of benzene rings is 1. The van der Waals surface area contributed by atoms with Gasteiger partial charge in [0.2, 0.25) is 0 Å². The number of aliphatic hydroxyl groups excluding tert-OH is 2. The molecule has 1 saturated heterocycles. The van der Waals surface area contributed by atoms with E-state index in [-0.39, 0.29) is 6.10 Å². The number of hydrogen-bond donors (Lipinski definition) is 2. The van der Waals surface area contributed by atoms with Crippen LogP contribution in [0.3, 0.4) is 0 Å². The third kappa shape index (κ3) is 3.53. The van der Waals surface area contributed by atoms with Crippen LogP contribution in [0.5, 0.6) is 5.75 Å². The molecule has 1 aromatic carbocycles. The minimum Gasteiger partial charge on any atom is -0.497 e. The van der Waals surface area contributed by atoms with Crippen LogP contribution in [-0.4, -0.2) is 48.1 Å². The van der Waals surface area contributed by atoms with Gasteiger partial charge < -0.3 is 19.7 Å². The molecule has 0 radical (unpaired) electrons. The second kappa shape index (κ2) is 6.14. The Kier molecular flexibility index (Phi) is 4.52. The Bertz CT molecular complexity index is 420. The van der Waals surface area contributed by atoms with Gasteiger partial charge in [-0.1, -0.05) is 0 Å². The first-order valence-corrected chi connectivity index (χ1v) is 6.29. The van der Waals surface area contributed by atoms with Crippen molar-refractivity contribution in [3.8, 4) is 5.75 Å². The summed E-state index contributed by atoms with van der Waals surface area (Å²) in [6.45, 7) is 1.82. The van der Waals surface area contributed by atoms with Gasteiger partial charge in [0, 0.05) is 12.6 Å². The zero-order chi connectivity index (χ0) is 13.8. The fraction of sp³-hybridized carbons (Fsp3) is 0.500. The van der Waals surface area contributed by atoms with E-state index in [9.17, 15) is 10.2 Å². The molecule has 0 aromatic heterocycles. The Balaban J connectivity index is 2.04. The summed E-state index contributed by atoms with van der Waals surface area (Å²) >= 11 is 0. The van der Waals surface area contributed by atoms with Crippen molar-refractivity contribution in [2.24, 2.45) is 4.99 Å². The van der Waals surface area contributed by atoms with E-state index in [1.54, 1.807) is 13.3 Å². The van der Waals surface area contributed by atoms with Crippen LogP contribution in [0.25, 0.3) is 0 Å². The zero-order valence-electron chi connectivity index (χ0n) is 11.1. The largest absolute Gasteiger partial charge is 0.497 e. The van der Waals surface area contributed by atoms with Gasteiger partial charge in [-0.3, -0.25) is 4.99 Å². The Morgan fingerprint density at radius 2 is 2.00 bits per heavy atom. The summed E-state index contributed by atoms with van der Waals surface area (Å²) in [5, 5.41) is 19.7. The molecule has 4 unspecified atom stereocenters. The lowest BCUT2D eigenvalue weighted by molar-refractivity contribution is -0.194. The lowest BCUT2D eigenvalue weighted by Crippen LogP contribution is -2.46. The second-order valence-corrected chi connectivity index (χ2v) is 4.68. The number of aliphatic hydroxyl groups is 2. The van der Waals surface area contributed by atoms with Gasteiger partial charge in [-0.2, -0.15) is 0 Å². The molecule has 0 bridgehead atoms. The molecule has 5 nitrogen and oxygen atoms in total. The summed E-state index contributed by atoms with van der Waals surface area (Å²) in [4.78, 5) is 4.21. The van der Waals surface area contributed by atoms with Crippen molar-refractivity contribution in [2.45, 2.75) is 37.9 Å². The summed E-state index contributed by atoms with van der Waals surface area (Å²) in [6, 6.07) is 6.72. The van der Waals surface area contributed by atoms with Crippen LogP contribution in [0.1, 0.15) is 18.9 Å². The first-order chi connectivity index (χ1) is 9.10. The fourth-order valence-corrected chi connectivity index (χ4v) is 2.08. The minimum atomic E-state index is -1.06. The van der Waals surface area contributed by atoms with Crippen molar-refractivity contribution in [3.05, 3.63) is 29.8 Å². The van der Waals surface area contributed by atoms with Crippen LogP contribution in [0.4, 0.5) is 0 Å². The molecule has 5 heteroatoms. The van der Waals surface area contributed by atoms with E-state index < -0.39 is 18.4 Å². The van der Waals surface area contributed by atoms with Crippen molar-refractivity contribution in [2.75, 3.05) is 7.11 Å². The van der Waals surface area contributed by atoms with Gasteiger partial charge in [0.1, 0.15) is 11.8 Å². The quantitative estimate of drug-likeness (QED) is 0.799. The average Bonchev–Trinajstić information content (AvgIpc) is 2.38. The first-order valence-electron chi connectivity index (χ1n) is 6.29. The van der Waals surface area contributed by atoms with E-state index >= 15 is 0 Å².